The number of ether oxygens (including phenoxy) is 1. The van der Waals surface area contributed by atoms with Crippen molar-refractivity contribution >= 4 is 70.9 Å². The lowest BCUT2D eigenvalue weighted by atomic mass is 9.74. The molecule has 12 amide bonds. The van der Waals surface area contributed by atoms with Crippen LogP contribution < -0.4 is 16.0 Å². The van der Waals surface area contributed by atoms with Crippen molar-refractivity contribution in [2.45, 2.75) is 279 Å². The van der Waals surface area contributed by atoms with Gasteiger partial charge in [0, 0.05) is 81.5 Å². The van der Waals surface area contributed by atoms with Gasteiger partial charge in [0.1, 0.15) is 72.1 Å². The van der Waals surface area contributed by atoms with Crippen LogP contribution >= 0.6 is 0 Å². The molecule has 111 heavy (non-hydrogen) atoms. The molecule has 25 nitrogen and oxygen atoms in total. The van der Waals surface area contributed by atoms with E-state index in [1.807, 2.05) is 0 Å². The standard InChI is InChI=1S/C78H118F8N12O13/c1-10-46(3)65-73(108)91(5)45-63(101)92(6)56-23-14-12-19-36-97(72(56)107)60(40-48-26-29-51(30-27-48)77(81,82)83)70(105)90(4)44-61(99)87-55(31-28-49-37-53(79)64(54(80)38-49)78(84,85)86)69(104)98-43-52(111-11-2)41-58(98)68(103)89-76(32-20-33-76)75(110)95(9)66(50-21-15-16-22-50)74(109)94(8)59(71(106)96-34-17-13-18-35-96)42-62(100)93(7)57(67(102)88-65)39-47-24-25-47/h12,14,46-60,64-66H,10-11,13,15-45H2,1-9H3,(H,87,99)(H,88,102)(H,89,103)/b14-12-/t46-,48?,49?,51?,52+,53?,54?,55-,56?,57-,58-,59-,60-,64?,65-,66-/m0/s1. The van der Waals surface area contributed by atoms with Crippen LogP contribution in [0.1, 0.15) is 194 Å². The van der Waals surface area contributed by atoms with Crippen LogP contribution in [0.2, 0.25) is 0 Å². The van der Waals surface area contributed by atoms with E-state index in [2.05, 4.69) is 16.0 Å². The number of fused-ring (bicyclic) bond motifs is 3. The Labute approximate surface area is 646 Å². The number of likely N-dealkylation sites (N-methyl/N-ethyl adjacent to an activating group) is 6. The second kappa shape index (κ2) is 37.8. The molecule has 5 saturated carbocycles. The van der Waals surface area contributed by atoms with Crippen molar-refractivity contribution in [2.75, 3.05) is 88.2 Å². The van der Waals surface area contributed by atoms with Gasteiger partial charge in [-0.25, -0.2) is 8.78 Å². The van der Waals surface area contributed by atoms with Crippen molar-refractivity contribution < 1.29 is 97.4 Å². The number of carbonyl (C=O) groups excluding carboxylic acids is 12. The predicted molar refractivity (Wildman–Crippen MR) is 391 cm³/mol. The summed E-state index contributed by atoms with van der Waals surface area (Å²) in [5, 5.41) is 8.51. The molecule has 0 aromatic carbocycles. The zero-order valence-corrected chi connectivity index (χ0v) is 65.9. The number of hydrogen-bond acceptors (Lipinski definition) is 13. The minimum absolute atomic E-state index is 0.000413. The molecule has 0 aromatic rings. The van der Waals surface area contributed by atoms with Crippen molar-refractivity contribution in [3.8, 4) is 0 Å². The highest BCUT2D eigenvalue weighted by molar-refractivity contribution is 6.01. The summed E-state index contributed by atoms with van der Waals surface area (Å²) < 4.78 is 122. The van der Waals surface area contributed by atoms with Gasteiger partial charge >= 0.3 is 12.4 Å². The molecule has 3 unspecified atom stereocenters. The first-order valence-electron chi connectivity index (χ1n) is 40.4. The molecule has 4 heterocycles. The number of nitrogens with one attached hydrogen (secondary N) is 3. The van der Waals surface area contributed by atoms with E-state index in [1.165, 1.54) is 61.9 Å². The molecule has 3 N–H and O–H groups in total. The van der Waals surface area contributed by atoms with Gasteiger partial charge in [0.05, 0.1) is 31.5 Å². The van der Waals surface area contributed by atoms with Gasteiger partial charge in [-0.2, -0.15) is 26.3 Å². The first-order valence-corrected chi connectivity index (χ1v) is 40.4. The lowest BCUT2D eigenvalue weighted by molar-refractivity contribution is -0.219. The number of carbonyl (C=O) groups is 12. The number of halogens is 8. The quantitative estimate of drug-likeness (QED) is 0.124. The molecular weight excluding hydrogens is 1460 g/mol. The van der Waals surface area contributed by atoms with E-state index < -0.39 is 230 Å². The van der Waals surface area contributed by atoms with Crippen LogP contribution in [0, 0.1) is 41.4 Å². The lowest BCUT2D eigenvalue weighted by Gasteiger charge is -2.47. The predicted octanol–water partition coefficient (Wildman–Crippen LogP) is 7.03. The van der Waals surface area contributed by atoms with Crippen LogP contribution in [0.3, 0.4) is 0 Å². The molecule has 0 aromatic heterocycles. The molecule has 9 aliphatic rings. The van der Waals surface area contributed by atoms with Gasteiger partial charge in [0.15, 0.2) is 0 Å². The molecule has 624 valence electrons. The van der Waals surface area contributed by atoms with Gasteiger partial charge in [-0.3, -0.25) is 57.5 Å². The summed E-state index contributed by atoms with van der Waals surface area (Å²) in [6.45, 7) is 4.00. The van der Waals surface area contributed by atoms with Crippen LogP contribution in [-0.2, 0) is 62.3 Å². The zero-order chi connectivity index (χ0) is 81.3. The normalized spacial score (nSPS) is 32.9. The largest absolute Gasteiger partial charge is 0.397 e. The third-order valence-corrected chi connectivity index (χ3v) is 25.7. The third kappa shape index (κ3) is 21.2. The molecule has 3 saturated heterocycles. The summed E-state index contributed by atoms with van der Waals surface area (Å²) in [5.41, 5.74) is -1.68. The molecule has 9 rings (SSSR count). The maximum absolute atomic E-state index is 15.8. The molecule has 0 radical (unpaired) electrons. The Morgan fingerprint density at radius 2 is 1.20 bits per heavy atom. The maximum Gasteiger partial charge on any atom is 0.397 e. The first kappa shape index (κ1) is 87.7. The van der Waals surface area contributed by atoms with E-state index in [9.17, 15) is 40.7 Å². The van der Waals surface area contributed by atoms with Gasteiger partial charge in [-0.05, 0) is 165 Å². The summed E-state index contributed by atoms with van der Waals surface area (Å²) in [6, 6.07) is -11.2. The summed E-state index contributed by atoms with van der Waals surface area (Å²) in [6.07, 6.45) is -9.19. The van der Waals surface area contributed by atoms with Crippen LogP contribution in [-0.4, -0.2) is 288 Å². The zero-order valence-electron chi connectivity index (χ0n) is 65.9. The Morgan fingerprint density at radius 1 is 0.586 bits per heavy atom. The summed E-state index contributed by atoms with van der Waals surface area (Å²) in [7, 11) is 8.19. The molecule has 2 bridgehead atoms. The minimum atomic E-state index is -5.22. The Hall–Kier alpha value is -7.22. The molecule has 33 heteroatoms. The van der Waals surface area contributed by atoms with E-state index in [0.717, 1.165) is 38.9 Å². The molecule has 12 atom stereocenters. The number of likely N-dealkylation sites (tertiary alicyclic amines) is 1. The van der Waals surface area contributed by atoms with Crippen molar-refractivity contribution in [3.63, 3.8) is 0 Å². The molecule has 4 aliphatic heterocycles. The Bertz CT molecular complexity index is 3350. The molecular formula is C78H118F8N12O13. The van der Waals surface area contributed by atoms with Gasteiger partial charge in [0.2, 0.25) is 70.9 Å². The highest BCUT2D eigenvalue weighted by Gasteiger charge is 2.57. The van der Waals surface area contributed by atoms with Crippen LogP contribution in [0.5, 0.6) is 0 Å². The average Bonchev–Trinajstić information content (AvgIpc) is 1.51. The smallest absolute Gasteiger partial charge is 0.377 e. The van der Waals surface area contributed by atoms with E-state index in [0.29, 0.717) is 64.5 Å². The molecule has 8 fully saturated rings. The number of nitrogens with zero attached hydrogens (tertiary/aromatic N) is 9. The van der Waals surface area contributed by atoms with Crippen LogP contribution in [0.15, 0.2) is 12.2 Å². The lowest BCUT2D eigenvalue weighted by Crippen LogP contribution is -2.68. The highest BCUT2D eigenvalue weighted by atomic mass is 19.4. The number of rotatable bonds is 13. The van der Waals surface area contributed by atoms with Gasteiger partial charge < -0.3 is 64.8 Å². The van der Waals surface area contributed by atoms with E-state index in [1.54, 1.807) is 37.8 Å². The average molecular weight is 1580 g/mol. The Balaban J connectivity index is 1.11. The highest BCUT2D eigenvalue weighted by Crippen LogP contribution is 2.46. The molecule has 1 spiro atoms. The fourth-order valence-corrected chi connectivity index (χ4v) is 18.3. The number of amides is 12. The van der Waals surface area contributed by atoms with E-state index in [-0.39, 0.29) is 103 Å². The minimum Gasteiger partial charge on any atom is -0.377 e. The van der Waals surface area contributed by atoms with Gasteiger partial charge in [-0.1, -0.05) is 58.1 Å². The Morgan fingerprint density at radius 3 is 1.77 bits per heavy atom. The van der Waals surface area contributed by atoms with E-state index >= 15 is 51.9 Å². The number of alkyl halides is 8. The summed E-state index contributed by atoms with van der Waals surface area (Å²) in [5.74, 6) is -16.3. The number of hydrogen-bond donors (Lipinski definition) is 3. The second-order valence-corrected chi connectivity index (χ2v) is 33.4. The van der Waals surface area contributed by atoms with Crippen molar-refractivity contribution in [3.05, 3.63) is 12.2 Å². The SMILES string of the molecule is CCO[C@@H]1C[C@H]2C(=O)NC3(CCC3)C(=O)N(C)[C@@H](C3CCCC3)C(=O)N(C)[C@H](C(=O)N3CCCCC3)CC(=O)N(C)[C@@H](CC3CC3)C(=O)N[C@@H]([C@@H](C)CC)C(=O)N(C)CC(=O)N(C)C3C/C=C\CCN(C3=O)[C@@H](CC3CCC(C(F)(F)F)CC3)C(=O)N(C)CC(=O)N[C@@H](CCC3CC(F)C(C(F)(F)F)C(F)C3)C(=O)N2C1. The van der Waals surface area contributed by atoms with Gasteiger partial charge in [-0.15, -0.1) is 0 Å². The van der Waals surface area contributed by atoms with Crippen LogP contribution in [0.4, 0.5) is 35.1 Å². The van der Waals surface area contributed by atoms with Crippen LogP contribution in [0.25, 0.3) is 0 Å². The first-order chi connectivity index (χ1) is 52.4. The van der Waals surface area contributed by atoms with Crippen molar-refractivity contribution in [1.82, 2.24) is 60.0 Å². The monoisotopic (exact) mass is 1580 g/mol. The van der Waals surface area contributed by atoms with Gasteiger partial charge in [0.25, 0.3) is 0 Å². The number of piperidine rings is 1. The van der Waals surface area contributed by atoms with Crippen molar-refractivity contribution in [1.29, 1.82) is 0 Å². The Kier molecular flexibility index (Phi) is 29.9. The summed E-state index contributed by atoms with van der Waals surface area (Å²) in [4.78, 5) is 194. The molecule has 5 aliphatic carbocycles. The third-order valence-electron chi connectivity index (χ3n) is 25.7. The second-order valence-electron chi connectivity index (χ2n) is 33.4. The topological polar surface area (TPSA) is 279 Å². The fourth-order valence-electron chi connectivity index (χ4n) is 18.3. The van der Waals surface area contributed by atoms with E-state index in [4.69, 9.17) is 4.74 Å². The maximum atomic E-state index is 15.8. The summed E-state index contributed by atoms with van der Waals surface area (Å²) >= 11 is 0. The fraction of sp³-hybridized carbons (Fsp3) is 0.821. The van der Waals surface area contributed by atoms with Crippen molar-refractivity contribution in [2.24, 2.45) is 41.4 Å².